The molecule has 0 aromatic carbocycles. The number of nitrogens with zero attached hydrogens (tertiary/aromatic N) is 1. The molecule has 1 amide bonds. The molecule has 5 heteroatoms. The Morgan fingerprint density at radius 3 is 2.47 bits per heavy atom. The Hall–Kier alpha value is -1.10. The highest BCUT2D eigenvalue weighted by Gasteiger charge is 2.35. The summed E-state index contributed by atoms with van der Waals surface area (Å²) in [6, 6.07) is 0. The van der Waals surface area contributed by atoms with E-state index in [2.05, 4.69) is 4.36 Å². The van der Waals surface area contributed by atoms with E-state index in [1.54, 1.807) is 6.08 Å². The van der Waals surface area contributed by atoms with Crippen LogP contribution >= 0.6 is 0 Å². The average molecular weight is 285 g/mol. The molecule has 3 nitrogen and oxygen atoms in total. The molecular weight excluding hydrogens is 265 g/mol. The summed E-state index contributed by atoms with van der Waals surface area (Å²) >= 11 is -0.0840. The van der Waals surface area contributed by atoms with Crippen LogP contribution in [0.5, 0.6) is 0 Å². The number of amides is 1. The van der Waals surface area contributed by atoms with Gasteiger partial charge in [-0.05, 0) is 23.8 Å². The summed E-state index contributed by atoms with van der Waals surface area (Å²) in [5, 5.41) is 0. The summed E-state index contributed by atoms with van der Waals surface area (Å²) in [5.41, 5.74) is 1.06. The number of carbonyl (C=O) groups is 1. The minimum absolute atomic E-state index is 0.0840. The zero-order valence-corrected chi connectivity index (χ0v) is 12.5. The van der Waals surface area contributed by atoms with Crippen LogP contribution in [-0.4, -0.2) is 10.1 Å². The van der Waals surface area contributed by atoms with Gasteiger partial charge in [0.1, 0.15) is 5.83 Å². The molecule has 19 heavy (non-hydrogen) atoms. The average Bonchev–Trinajstić information content (AvgIpc) is 2.28. The summed E-state index contributed by atoms with van der Waals surface area (Å²) in [4.78, 5) is 11.6. The lowest BCUT2D eigenvalue weighted by Gasteiger charge is -2.34. The van der Waals surface area contributed by atoms with Crippen molar-refractivity contribution in [2.45, 2.75) is 34.1 Å². The van der Waals surface area contributed by atoms with Crippen LogP contribution in [0.4, 0.5) is 4.39 Å². The first-order chi connectivity index (χ1) is 8.88. The monoisotopic (exact) mass is 285 g/mol. The van der Waals surface area contributed by atoms with Crippen LogP contribution in [0.3, 0.4) is 0 Å². The molecular formula is C14H20FNO2S. The highest BCUT2D eigenvalue weighted by molar-refractivity contribution is 7.55. The third kappa shape index (κ3) is 3.93. The van der Waals surface area contributed by atoms with E-state index >= 15 is 0 Å². The Morgan fingerprint density at radius 2 is 2.00 bits per heavy atom. The Bertz CT molecular complexity index is 462. The number of hydrogen-bond donors (Lipinski definition) is 0. The molecule has 2 unspecified atom stereocenters. The first kappa shape index (κ1) is 16.0. The fraction of sp³-hybridized carbons (Fsp3) is 0.643. The Balaban J connectivity index is 3.10. The van der Waals surface area contributed by atoms with Gasteiger partial charge in [0.25, 0.3) is 5.91 Å². The molecule has 0 aromatic heterocycles. The fourth-order valence-corrected chi connectivity index (χ4v) is 2.88. The first-order valence-electron chi connectivity index (χ1n) is 6.48. The number of rotatable bonds is 4. The molecule has 106 valence electrons. The smallest absolute Gasteiger partial charge is 0.259 e. The molecule has 0 N–H and O–H groups in total. The maximum absolute atomic E-state index is 14.0. The van der Waals surface area contributed by atoms with Crippen molar-refractivity contribution in [1.82, 2.24) is 0 Å². The first-order valence-corrected chi connectivity index (χ1v) is 7.18. The van der Waals surface area contributed by atoms with Gasteiger partial charge in [0.05, 0.1) is 0 Å². The van der Waals surface area contributed by atoms with Crippen molar-refractivity contribution < 1.29 is 13.4 Å². The molecule has 1 rings (SSSR count). The Labute approximate surface area is 117 Å². The summed E-state index contributed by atoms with van der Waals surface area (Å²) in [6.07, 6.45) is 3.37. The zero-order chi connectivity index (χ0) is 14.6. The van der Waals surface area contributed by atoms with E-state index in [1.807, 2.05) is 27.7 Å². The summed E-state index contributed by atoms with van der Waals surface area (Å²) in [5.74, 6) is -0.824. The van der Waals surface area contributed by atoms with Gasteiger partial charge in [-0.3, -0.25) is 4.79 Å². The third-order valence-electron chi connectivity index (χ3n) is 3.53. The molecule has 1 aliphatic carbocycles. The molecule has 0 saturated heterocycles. The van der Waals surface area contributed by atoms with E-state index in [4.69, 9.17) is 0 Å². The molecule has 0 saturated carbocycles. The fourth-order valence-electron chi connectivity index (χ4n) is 2.73. The molecule has 0 bridgehead atoms. The van der Waals surface area contributed by atoms with E-state index in [0.29, 0.717) is 0 Å². The second-order valence-electron chi connectivity index (χ2n) is 5.51. The van der Waals surface area contributed by atoms with Crippen molar-refractivity contribution in [3.63, 3.8) is 0 Å². The van der Waals surface area contributed by atoms with E-state index < -0.39 is 5.91 Å². The van der Waals surface area contributed by atoms with Gasteiger partial charge in [-0.2, -0.15) is 4.21 Å². The number of carbonyl (C=O) groups excluding carboxylic acids is 1. The zero-order valence-electron chi connectivity index (χ0n) is 11.7. The van der Waals surface area contributed by atoms with E-state index in [0.717, 1.165) is 5.57 Å². The summed E-state index contributed by atoms with van der Waals surface area (Å²) < 4.78 is 27.6. The van der Waals surface area contributed by atoms with Crippen LogP contribution in [0, 0.1) is 23.7 Å². The maximum Gasteiger partial charge on any atom is 0.259 e. The minimum atomic E-state index is -0.461. The molecule has 0 fully saturated rings. The van der Waals surface area contributed by atoms with E-state index in [-0.39, 0.29) is 47.4 Å². The third-order valence-corrected chi connectivity index (χ3v) is 3.81. The van der Waals surface area contributed by atoms with Gasteiger partial charge in [0.2, 0.25) is 11.5 Å². The van der Waals surface area contributed by atoms with Crippen molar-refractivity contribution >= 4 is 17.4 Å². The highest BCUT2D eigenvalue weighted by atomic mass is 32.1. The van der Waals surface area contributed by atoms with Crippen molar-refractivity contribution in [1.29, 1.82) is 0 Å². The lowest BCUT2D eigenvalue weighted by molar-refractivity contribution is -0.118. The SMILES string of the molecule is CC(C)C1=CC=C(F)C(C(C)C)C1CC(=O)N=S=O. The van der Waals surface area contributed by atoms with Gasteiger partial charge < -0.3 is 0 Å². The van der Waals surface area contributed by atoms with Crippen LogP contribution < -0.4 is 0 Å². The van der Waals surface area contributed by atoms with Gasteiger partial charge in [-0.15, -0.1) is 4.36 Å². The van der Waals surface area contributed by atoms with Gasteiger partial charge in [0.15, 0.2) is 0 Å². The van der Waals surface area contributed by atoms with E-state index in [1.165, 1.54) is 6.08 Å². The largest absolute Gasteiger partial charge is 0.272 e. The summed E-state index contributed by atoms with van der Waals surface area (Å²) in [6.45, 7) is 7.94. The maximum atomic E-state index is 14.0. The van der Waals surface area contributed by atoms with Crippen LogP contribution in [0.25, 0.3) is 0 Å². The minimum Gasteiger partial charge on any atom is -0.272 e. The van der Waals surface area contributed by atoms with Gasteiger partial charge in [-0.1, -0.05) is 39.3 Å². The predicted octanol–water partition coefficient (Wildman–Crippen LogP) is 3.64. The number of halogens is 1. The number of allylic oxidation sites excluding steroid dienone is 4. The topological polar surface area (TPSA) is 46.5 Å². The van der Waals surface area contributed by atoms with Crippen molar-refractivity contribution in [2.75, 3.05) is 0 Å². The molecule has 0 aliphatic heterocycles. The van der Waals surface area contributed by atoms with Crippen LogP contribution in [0.1, 0.15) is 34.1 Å². The number of hydrogen-bond acceptors (Lipinski definition) is 2. The molecule has 0 heterocycles. The molecule has 2 atom stereocenters. The van der Waals surface area contributed by atoms with Crippen LogP contribution in [0.2, 0.25) is 0 Å². The Kier molecular flexibility index (Phi) is 5.79. The lowest BCUT2D eigenvalue weighted by atomic mass is 9.71. The molecule has 0 radical (unpaired) electrons. The molecule has 1 aliphatic rings. The second kappa shape index (κ2) is 6.89. The van der Waals surface area contributed by atoms with Crippen molar-refractivity contribution in [2.24, 2.45) is 28.0 Å². The van der Waals surface area contributed by atoms with Crippen molar-refractivity contribution in [3.05, 3.63) is 23.6 Å². The van der Waals surface area contributed by atoms with Gasteiger partial charge in [0, 0.05) is 12.3 Å². The highest BCUT2D eigenvalue weighted by Crippen LogP contribution is 2.41. The Morgan fingerprint density at radius 1 is 1.37 bits per heavy atom. The summed E-state index contributed by atoms with van der Waals surface area (Å²) in [7, 11) is 0. The molecule has 0 aromatic rings. The van der Waals surface area contributed by atoms with Gasteiger partial charge >= 0.3 is 0 Å². The predicted molar refractivity (Wildman–Crippen MR) is 74.1 cm³/mol. The van der Waals surface area contributed by atoms with Crippen LogP contribution in [0.15, 0.2) is 27.9 Å². The second-order valence-corrected chi connectivity index (χ2v) is 5.84. The van der Waals surface area contributed by atoms with E-state index in [9.17, 15) is 13.4 Å². The normalized spacial score (nSPS) is 23.1. The quantitative estimate of drug-likeness (QED) is 0.791. The van der Waals surface area contributed by atoms with Crippen molar-refractivity contribution in [3.8, 4) is 0 Å². The standard InChI is InChI=1S/C14H20FNO2S/c1-8(2)10-5-6-12(15)14(9(3)4)11(10)7-13(17)16-19-18/h5-6,8-9,11,14H,7H2,1-4H3. The molecule has 0 spiro atoms. The van der Waals surface area contributed by atoms with Crippen LogP contribution in [-0.2, 0) is 16.3 Å². The lowest BCUT2D eigenvalue weighted by Crippen LogP contribution is -2.28. The van der Waals surface area contributed by atoms with Gasteiger partial charge in [-0.25, -0.2) is 4.39 Å².